The molecule has 3 atom stereocenters. The fourth-order valence-electron chi connectivity index (χ4n) is 4.93. The van der Waals surface area contributed by atoms with Crippen LogP contribution >= 0.6 is 0 Å². The molecule has 2 aromatic carbocycles. The van der Waals surface area contributed by atoms with Crippen molar-refractivity contribution in [2.45, 2.75) is 31.8 Å². The molecule has 2 aromatic rings. The second kappa shape index (κ2) is 7.92. The third kappa shape index (κ3) is 3.76. The van der Waals surface area contributed by atoms with Gasteiger partial charge in [0.25, 0.3) is 0 Å². The largest absolute Gasteiger partial charge is 0.497 e. The average molecular weight is 382 g/mol. The Balaban J connectivity index is 1.56. The van der Waals surface area contributed by atoms with Crippen molar-refractivity contribution in [3.63, 3.8) is 0 Å². The molecule has 2 heterocycles. The van der Waals surface area contributed by atoms with Gasteiger partial charge in [-0.1, -0.05) is 24.3 Å². The number of hydrogen-bond acceptors (Lipinski definition) is 3. The lowest BCUT2D eigenvalue weighted by atomic mass is 9.81. The number of piperidine rings is 1. The van der Waals surface area contributed by atoms with Crippen LogP contribution in [-0.2, 0) is 11.3 Å². The van der Waals surface area contributed by atoms with Gasteiger partial charge in [0, 0.05) is 51.0 Å². The molecule has 0 N–H and O–H groups in total. The van der Waals surface area contributed by atoms with E-state index in [1.54, 1.807) is 26.2 Å². The van der Waals surface area contributed by atoms with Crippen molar-refractivity contribution >= 4 is 5.91 Å². The molecule has 0 aliphatic carbocycles. The molecule has 2 aliphatic heterocycles. The summed E-state index contributed by atoms with van der Waals surface area (Å²) in [5.74, 6) is 1.48. The van der Waals surface area contributed by atoms with Crippen LogP contribution in [0.4, 0.5) is 4.39 Å². The van der Waals surface area contributed by atoms with E-state index in [0.29, 0.717) is 11.8 Å². The number of hydrogen-bond donors (Lipinski definition) is 0. The van der Waals surface area contributed by atoms with Crippen molar-refractivity contribution in [1.82, 2.24) is 9.80 Å². The first kappa shape index (κ1) is 18.9. The van der Waals surface area contributed by atoms with Gasteiger partial charge in [-0.15, -0.1) is 0 Å². The van der Waals surface area contributed by atoms with Crippen LogP contribution < -0.4 is 4.74 Å². The Morgan fingerprint density at radius 2 is 2.00 bits per heavy atom. The Bertz CT molecular complexity index is 856. The van der Waals surface area contributed by atoms with E-state index in [0.717, 1.165) is 43.9 Å². The normalized spacial score (nSPS) is 24.8. The number of benzene rings is 2. The predicted molar refractivity (Wildman–Crippen MR) is 107 cm³/mol. The van der Waals surface area contributed by atoms with Gasteiger partial charge in [-0.05, 0) is 41.8 Å². The molecule has 0 saturated carbocycles. The number of nitrogens with zero attached hydrogens (tertiary/aromatic N) is 2. The fraction of sp³-hybridized carbons (Fsp3) is 0.435. The minimum absolute atomic E-state index is 0.152. The molecule has 0 unspecified atom stereocenters. The molecule has 2 fully saturated rings. The van der Waals surface area contributed by atoms with Crippen LogP contribution in [-0.4, -0.2) is 48.5 Å². The van der Waals surface area contributed by atoms with Crippen LogP contribution in [0.25, 0.3) is 0 Å². The van der Waals surface area contributed by atoms with Crippen LogP contribution in [0.5, 0.6) is 5.75 Å². The third-order valence-corrected chi connectivity index (χ3v) is 6.24. The van der Waals surface area contributed by atoms with Crippen LogP contribution in [0.1, 0.15) is 30.4 Å². The van der Waals surface area contributed by atoms with E-state index in [1.165, 1.54) is 11.6 Å². The summed E-state index contributed by atoms with van der Waals surface area (Å²) in [5.41, 5.74) is 2.23. The summed E-state index contributed by atoms with van der Waals surface area (Å²) in [6.07, 6.45) is 0.958. The third-order valence-electron chi connectivity index (χ3n) is 6.24. The number of ether oxygens (including phenoxy) is 1. The summed E-state index contributed by atoms with van der Waals surface area (Å²) in [7, 11) is 1.68. The molecule has 2 aliphatic rings. The van der Waals surface area contributed by atoms with Crippen molar-refractivity contribution in [3.05, 3.63) is 65.5 Å². The molecule has 1 amide bonds. The molecule has 5 heteroatoms. The minimum atomic E-state index is -0.190. The van der Waals surface area contributed by atoms with E-state index >= 15 is 0 Å². The monoisotopic (exact) mass is 382 g/mol. The number of carbonyl (C=O) groups is 1. The number of carbonyl (C=O) groups excluding carboxylic acids is 1. The number of methoxy groups -OCH3 is 1. The lowest BCUT2D eigenvalue weighted by molar-refractivity contribution is -0.130. The number of halogens is 1. The van der Waals surface area contributed by atoms with Crippen LogP contribution in [0.3, 0.4) is 0 Å². The minimum Gasteiger partial charge on any atom is -0.497 e. The van der Waals surface area contributed by atoms with Gasteiger partial charge in [0.2, 0.25) is 5.91 Å². The SMILES string of the molecule is COc1cccc([C@H]2CN(C(C)=O)[C@@H]3CCN(Cc4cccc(F)c4)C[C@H]23)c1. The molecule has 28 heavy (non-hydrogen) atoms. The standard InChI is InChI=1S/C23H27FN2O2/c1-16(27)26-15-21(18-6-4-8-20(12-18)28-2)22-14-25(10-9-23(22)26)13-17-5-3-7-19(24)11-17/h3-8,11-12,21-23H,9-10,13-15H2,1-2H3/t21-,22-,23-/m1/s1. The first-order valence-electron chi connectivity index (χ1n) is 9.93. The Labute approximate surface area is 165 Å². The molecule has 0 bridgehead atoms. The highest BCUT2D eigenvalue weighted by Gasteiger charge is 2.46. The number of amides is 1. The van der Waals surface area contributed by atoms with E-state index in [4.69, 9.17) is 4.74 Å². The predicted octanol–water partition coefficient (Wildman–Crippen LogP) is 3.67. The van der Waals surface area contributed by atoms with Gasteiger partial charge in [0.05, 0.1) is 7.11 Å². The summed E-state index contributed by atoms with van der Waals surface area (Å²) >= 11 is 0. The second-order valence-electron chi connectivity index (χ2n) is 7.94. The maximum absolute atomic E-state index is 13.6. The van der Waals surface area contributed by atoms with Crippen molar-refractivity contribution in [2.24, 2.45) is 5.92 Å². The fourth-order valence-corrected chi connectivity index (χ4v) is 4.93. The van der Waals surface area contributed by atoms with Gasteiger partial charge >= 0.3 is 0 Å². The molecular weight excluding hydrogens is 355 g/mol. The van der Waals surface area contributed by atoms with E-state index in [9.17, 15) is 9.18 Å². The van der Waals surface area contributed by atoms with E-state index < -0.39 is 0 Å². The van der Waals surface area contributed by atoms with Crippen molar-refractivity contribution in [3.8, 4) is 5.75 Å². The second-order valence-corrected chi connectivity index (χ2v) is 7.94. The maximum Gasteiger partial charge on any atom is 0.219 e. The highest BCUT2D eigenvalue weighted by Crippen LogP contribution is 2.42. The van der Waals surface area contributed by atoms with Crippen molar-refractivity contribution < 1.29 is 13.9 Å². The molecule has 4 nitrogen and oxygen atoms in total. The first-order valence-corrected chi connectivity index (χ1v) is 9.93. The summed E-state index contributed by atoms with van der Waals surface area (Å²) in [6.45, 7) is 5.00. The van der Waals surface area contributed by atoms with Crippen LogP contribution in [0, 0.1) is 11.7 Å². The van der Waals surface area contributed by atoms with Crippen LogP contribution in [0.15, 0.2) is 48.5 Å². The molecule has 0 aromatic heterocycles. The Kier molecular flexibility index (Phi) is 5.36. The van der Waals surface area contributed by atoms with Crippen molar-refractivity contribution in [2.75, 3.05) is 26.7 Å². The highest BCUT2D eigenvalue weighted by atomic mass is 19.1. The Morgan fingerprint density at radius 1 is 1.18 bits per heavy atom. The van der Waals surface area contributed by atoms with Crippen LogP contribution in [0.2, 0.25) is 0 Å². The summed E-state index contributed by atoms with van der Waals surface area (Å²) in [4.78, 5) is 16.7. The number of rotatable bonds is 4. The summed E-state index contributed by atoms with van der Waals surface area (Å²) < 4.78 is 19.0. The number of likely N-dealkylation sites (tertiary alicyclic amines) is 2. The van der Waals surface area contributed by atoms with Gasteiger partial charge < -0.3 is 9.64 Å². The van der Waals surface area contributed by atoms with Gasteiger partial charge in [-0.2, -0.15) is 0 Å². The van der Waals surface area contributed by atoms with Gasteiger partial charge in [0.1, 0.15) is 11.6 Å². The molecule has 0 radical (unpaired) electrons. The lowest BCUT2D eigenvalue weighted by Crippen LogP contribution is -2.47. The average Bonchev–Trinajstić information content (AvgIpc) is 3.07. The number of fused-ring (bicyclic) bond motifs is 1. The van der Waals surface area contributed by atoms with E-state index in [2.05, 4.69) is 17.0 Å². The molecule has 148 valence electrons. The zero-order chi connectivity index (χ0) is 19.7. The maximum atomic E-state index is 13.6. The topological polar surface area (TPSA) is 32.8 Å². The van der Waals surface area contributed by atoms with E-state index in [1.807, 2.05) is 23.1 Å². The van der Waals surface area contributed by atoms with E-state index in [-0.39, 0.29) is 17.8 Å². The van der Waals surface area contributed by atoms with Gasteiger partial charge in [0.15, 0.2) is 0 Å². The zero-order valence-electron chi connectivity index (χ0n) is 16.5. The Hall–Kier alpha value is -2.40. The first-order chi connectivity index (χ1) is 13.5. The summed E-state index contributed by atoms with van der Waals surface area (Å²) in [5, 5.41) is 0. The summed E-state index contributed by atoms with van der Waals surface area (Å²) in [6, 6.07) is 15.3. The molecular formula is C23H27FN2O2. The Morgan fingerprint density at radius 3 is 2.75 bits per heavy atom. The quantitative estimate of drug-likeness (QED) is 0.809. The zero-order valence-corrected chi connectivity index (χ0v) is 16.5. The smallest absolute Gasteiger partial charge is 0.219 e. The van der Waals surface area contributed by atoms with Crippen molar-refractivity contribution in [1.29, 1.82) is 0 Å². The lowest BCUT2D eigenvalue weighted by Gasteiger charge is -2.38. The van der Waals surface area contributed by atoms with Gasteiger partial charge in [-0.25, -0.2) is 4.39 Å². The molecule has 2 saturated heterocycles. The molecule has 4 rings (SSSR count). The van der Waals surface area contributed by atoms with Gasteiger partial charge in [-0.3, -0.25) is 9.69 Å². The molecule has 0 spiro atoms. The highest BCUT2D eigenvalue weighted by molar-refractivity contribution is 5.74.